The van der Waals surface area contributed by atoms with Gasteiger partial charge < -0.3 is 14.8 Å². The third kappa shape index (κ3) is 6.03. The first kappa shape index (κ1) is 16.8. The van der Waals surface area contributed by atoms with Gasteiger partial charge in [0.15, 0.2) is 6.61 Å². The molecule has 5 heteroatoms. The summed E-state index contributed by atoms with van der Waals surface area (Å²) in [4.78, 5) is 14.2. The summed E-state index contributed by atoms with van der Waals surface area (Å²) in [5.41, 5.74) is 0. The second-order valence-corrected chi connectivity index (χ2v) is 6.05. The largest absolute Gasteiger partial charge is 0.484 e. The van der Waals surface area contributed by atoms with Gasteiger partial charge in [-0.15, -0.1) is 0 Å². The summed E-state index contributed by atoms with van der Waals surface area (Å²) in [6.45, 7) is 8.65. The fourth-order valence-corrected chi connectivity index (χ4v) is 2.53. The van der Waals surface area contributed by atoms with Crippen LogP contribution in [-0.4, -0.2) is 56.3 Å². The molecular formula is C17H26N2O3. The number of para-hydroxylation sites is 1. The number of benzene rings is 1. The molecule has 0 aromatic heterocycles. The Balaban J connectivity index is 1.65. The molecule has 22 heavy (non-hydrogen) atoms. The van der Waals surface area contributed by atoms with Crippen molar-refractivity contribution in [3.8, 4) is 5.75 Å². The predicted molar refractivity (Wildman–Crippen MR) is 86.0 cm³/mol. The number of nitrogens with one attached hydrogen (secondary N) is 1. The van der Waals surface area contributed by atoms with Crippen LogP contribution in [0.2, 0.25) is 0 Å². The highest BCUT2D eigenvalue weighted by molar-refractivity contribution is 5.77. The summed E-state index contributed by atoms with van der Waals surface area (Å²) in [6.07, 6.45) is 0.0631. The van der Waals surface area contributed by atoms with E-state index in [1.807, 2.05) is 30.3 Å². The standard InChI is InChI=1S/C17H26N2O3/c1-14(2)11-19-8-9-21-16(12-19)10-18-17(20)13-22-15-6-4-3-5-7-15/h3-7,14,16H,8-13H2,1-2H3,(H,18,20). The summed E-state index contributed by atoms with van der Waals surface area (Å²) in [6, 6.07) is 9.34. The fourth-order valence-electron chi connectivity index (χ4n) is 2.53. The summed E-state index contributed by atoms with van der Waals surface area (Å²) < 4.78 is 11.1. The quantitative estimate of drug-likeness (QED) is 0.830. The molecule has 1 atom stereocenters. The minimum atomic E-state index is -0.117. The van der Waals surface area contributed by atoms with Crippen molar-refractivity contribution >= 4 is 5.91 Å². The number of morpholine rings is 1. The van der Waals surface area contributed by atoms with Gasteiger partial charge in [-0.2, -0.15) is 0 Å². The van der Waals surface area contributed by atoms with Crippen LogP contribution in [0.15, 0.2) is 30.3 Å². The highest BCUT2D eigenvalue weighted by Crippen LogP contribution is 2.08. The minimum absolute atomic E-state index is 0.0342. The average Bonchev–Trinajstić information content (AvgIpc) is 2.52. The molecule has 5 nitrogen and oxygen atoms in total. The Kier molecular flexibility index (Phi) is 6.68. The van der Waals surface area contributed by atoms with Crippen LogP contribution >= 0.6 is 0 Å². The fraction of sp³-hybridized carbons (Fsp3) is 0.588. The number of carbonyl (C=O) groups is 1. The van der Waals surface area contributed by atoms with E-state index >= 15 is 0 Å². The molecule has 1 fully saturated rings. The number of rotatable bonds is 7. The molecule has 2 rings (SSSR count). The Labute approximate surface area is 132 Å². The van der Waals surface area contributed by atoms with Gasteiger partial charge in [-0.1, -0.05) is 32.0 Å². The van der Waals surface area contributed by atoms with Crippen molar-refractivity contribution in [3.05, 3.63) is 30.3 Å². The molecule has 1 aliphatic heterocycles. The maximum atomic E-state index is 11.8. The molecule has 1 saturated heterocycles. The number of amides is 1. The van der Waals surface area contributed by atoms with Crippen LogP contribution < -0.4 is 10.1 Å². The van der Waals surface area contributed by atoms with Crippen molar-refractivity contribution < 1.29 is 14.3 Å². The molecule has 122 valence electrons. The highest BCUT2D eigenvalue weighted by atomic mass is 16.5. The number of nitrogens with zero attached hydrogens (tertiary/aromatic N) is 1. The Hall–Kier alpha value is -1.59. The molecule has 1 N–H and O–H groups in total. The van der Waals surface area contributed by atoms with Crippen LogP contribution in [0, 0.1) is 5.92 Å². The van der Waals surface area contributed by atoms with Gasteiger partial charge in [0.05, 0.1) is 12.7 Å². The van der Waals surface area contributed by atoms with Gasteiger partial charge >= 0.3 is 0 Å². The normalized spacial score (nSPS) is 19.1. The first-order valence-corrected chi connectivity index (χ1v) is 7.92. The average molecular weight is 306 g/mol. The molecule has 0 aliphatic carbocycles. The number of hydrogen-bond donors (Lipinski definition) is 1. The smallest absolute Gasteiger partial charge is 0.258 e. The van der Waals surface area contributed by atoms with E-state index in [0.29, 0.717) is 18.2 Å². The topological polar surface area (TPSA) is 50.8 Å². The maximum absolute atomic E-state index is 11.8. The van der Waals surface area contributed by atoms with Gasteiger partial charge in [0.25, 0.3) is 5.91 Å². The van der Waals surface area contributed by atoms with Gasteiger partial charge in [0, 0.05) is 26.2 Å². The monoisotopic (exact) mass is 306 g/mol. The van der Waals surface area contributed by atoms with Crippen LogP contribution in [0.4, 0.5) is 0 Å². The minimum Gasteiger partial charge on any atom is -0.484 e. The second kappa shape index (κ2) is 8.76. The van der Waals surface area contributed by atoms with Gasteiger partial charge in [-0.3, -0.25) is 9.69 Å². The maximum Gasteiger partial charge on any atom is 0.258 e. The number of hydrogen-bond acceptors (Lipinski definition) is 4. The molecular weight excluding hydrogens is 280 g/mol. The van der Waals surface area contributed by atoms with Crippen LogP contribution in [0.25, 0.3) is 0 Å². The summed E-state index contributed by atoms with van der Waals surface area (Å²) in [7, 11) is 0. The second-order valence-electron chi connectivity index (χ2n) is 6.05. The van der Waals surface area contributed by atoms with E-state index in [-0.39, 0.29) is 18.6 Å². The zero-order valence-electron chi connectivity index (χ0n) is 13.5. The summed E-state index contributed by atoms with van der Waals surface area (Å²) in [5, 5.41) is 2.88. The first-order chi connectivity index (χ1) is 10.6. The van der Waals surface area contributed by atoms with E-state index in [4.69, 9.17) is 9.47 Å². The zero-order chi connectivity index (χ0) is 15.8. The Morgan fingerprint density at radius 3 is 2.91 bits per heavy atom. The van der Waals surface area contributed by atoms with E-state index in [0.717, 1.165) is 26.2 Å². The summed E-state index contributed by atoms with van der Waals surface area (Å²) in [5.74, 6) is 1.23. The SMILES string of the molecule is CC(C)CN1CCOC(CNC(=O)COc2ccccc2)C1. The molecule has 0 saturated carbocycles. The van der Waals surface area contributed by atoms with E-state index in [1.54, 1.807) is 0 Å². The van der Waals surface area contributed by atoms with Crippen LogP contribution in [0.3, 0.4) is 0 Å². The van der Waals surface area contributed by atoms with Crippen LogP contribution in [0.1, 0.15) is 13.8 Å². The lowest BCUT2D eigenvalue weighted by molar-refractivity contribution is -0.124. The van der Waals surface area contributed by atoms with Crippen molar-refractivity contribution in [3.63, 3.8) is 0 Å². The van der Waals surface area contributed by atoms with Crippen molar-refractivity contribution in [2.45, 2.75) is 20.0 Å². The van der Waals surface area contributed by atoms with Gasteiger partial charge in [-0.25, -0.2) is 0 Å². The third-order valence-corrected chi connectivity index (χ3v) is 3.49. The van der Waals surface area contributed by atoms with Gasteiger partial charge in [0.1, 0.15) is 5.75 Å². The molecule has 0 spiro atoms. The van der Waals surface area contributed by atoms with Crippen molar-refractivity contribution in [1.82, 2.24) is 10.2 Å². The zero-order valence-corrected chi connectivity index (χ0v) is 13.5. The molecule has 1 unspecified atom stereocenters. The molecule has 1 aromatic carbocycles. The first-order valence-electron chi connectivity index (χ1n) is 7.92. The Morgan fingerprint density at radius 2 is 2.18 bits per heavy atom. The van der Waals surface area contributed by atoms with Crippen LogP contribution in [-0.2, 0) is 9.53 Å². The Bertz CT molecular complexity index is 450. The lowest BCUT2D eigenvalue weighted by Crippen LogP contribution is -2.48. The third-order valence-electron chi connectivity index (χ3n) is 3.49. The molecule has 1 aromatic rings. The Morgan fingerprint density at radius 1 is 1.41 bits per heavy atom. The van der Waals surface area contributed by atoms with E-state index in [9.17, 15) is 4.79 Å². The van der Waals surface area contributed by atoms with E-state index in [2.05, 4.69) is 24.1 Å². The van der Waals surface area contributed by atoms with E-state index < -0.39 is 0 Å². The molecule has 1 heterocycles. The molecule has 0 radical (unpaired) electrons. The van der Waals surface area contributed by atoms with Gasteiger partial charge in [0.2, 0.25) is 0 Å². The van der Waals surface area contributed by atoms with Crippen LogP contribution in [0.5, 0.6) is 5.75 Å². The number of carbonyl (C=O) groups excluding carboxylic acids is 1. The van der Waals surface area contributed by atoms with Gasteiger partial charge in [-0.05, 0) is 18.1 Å². The lowest BCUT2D eigenvalue weighted by Gasteiger charge is -2.33. The predicted octanol–water partition coefficient (Wildman–Crippen LogP) is 1.54. The lowest BCUT2D eigenvalue weighted by atomic mass is 10.2. The van der Waals surface area contributed by atoms with E-state index in [1.165, 1.54) is 0 Å². The van der Waals surface area contributed by atoms with Crippen molar-refractivity contribution in [1.29, 1.82) is 0 Å². The molecule has 1 aliphatic rings. The summed E-state index contributed by atoms with van der Waals surface area (Å²) >= 11 is 0. The molecule has 1 amide bonds. The van der Waals surface area contributed by atoms with Crippen molar-refractivity contribution in [2.75, 3.05) is 39.4 Å². The van der Waals surface area contributed by atoms with Crippen molar-refractivity contribution in [2.24, 2.45) is 5.92 Å². The number of ether oxygens (including phenoxy) is 2. The molecule has 0 bridgehead atoms. The highest BCUT2D eigenvalue weighted by Gasteiger charge is 2.21.